The molecular weight excluding hydrogens is 1970 g/mol. The third-order valence-electron chi connectivity index (χ3n) is 26.9. The van der Waals surface area contributed by atoms with E-state index in [-0.39, 0.29) is 27.2 Å². The van der Waals surface area contributed by atoms with Crippen LogP contribution in [0.15, 0.2) is 91.8 Å². The number of rotatable bonds is 20. The van der Waals surface area contributed by atoms with Crippen LogP contribution in [0.3, 0.4) is 0 Å². The van der Waals surface area contributed by atoms with Crippen LogP contribution in [0.25, 0.3) is 0 Å². The van der Waals surface area contributed by atoms with Crippen LogP contribution in [-0.4, -0.2) is 73.9 Å². The number of aliphatic hydroxyl groups is 4. The molecule has 4 N–H and O–H groups in total. The van der Waals surface area contributed by atoms with Gasteiger partial charge in [0.2, 0.25) is 27.2 Å². The lowest BCUT2D eigenvalue weighted by Gasteiger charge is -2.36. The molecule has 1 saturated carbocycles. The zero-order chi connectivity index (χ0) is 112. The molecule has 0 saturated heterocycles. The van der Waals surface area contributed by atoms with Crippen molar-refractivity contribution in [2.75, 3.05) is 27.2 Å². The average molecular weight is 2150 g/mol. The zero-order valence-electron chi connectivity index (χ0n) is 99.1. The Morgan fingerprint density at radius 1 is 0.267 bits per heavy atom. The van der Waals surface area contributed by atoms with Gasteiger partial charge in [-0.2, -0.15) is 5.26 Å². The lowest BCUT2D eigenvalue weighted by atomic mass is 9.74. The number of halogens is 1. The maximum Gasteiger partial charge on any atom is 0.231 e. The second kappa shape index (κ2) is 53.2. The van der Waals surface area contributed by atoms with Gasteiger partial charge in [-0.05, 0) is 118 Å². The lowest BCUT2D eigenvalue weighted by molar-refractivity contribution is 0.0972. The van der Waals surface area contributed by atoms with Crippen molar-refractivity contribution in [1.29, 1.82) is 5.26 Å². The van der Waals surface area contributed by atoms with E-state index in [1.54, 1.807) is 61.5 Å². The molecule has 0 aromatic heterocycles. The number of nitriles is 1. The first-order valence-electron chi connectivity index (χ1n) is 55.7. The molecule has 2 aliphatic carbocycles. The standard InChI is InChI=1S/C128H168O12.C6H11I.C2H3N/c1-37-41-45-49-53-93-101-77-103-94(54-50-46-42-38-2)105-79-107-96(56-52-48-44-40-4)108-80-106-95(55-51-47-43-39-3)104-78-102(93)110-98(62-58-86(118(8,9)10)74-90(122(20,21)22)66-70-126(31,32)130)112(104)136-83-138-114(106)100(64-60-88(120(14,15)16)76-92(124(26,27)28)68-72-128(35,36)132)116(108)140-84-139-115(107)99(63-59-87(119(11,12)13)75-91(123(23,24)25)67-71-127(33,34)131)113(105)137-82-135-111(103)97(109(101)133-81-134-110)61-57-85(117(5,6)7)73-89(121(17,18)19)65-69-125(29,30)129;7-6-4-2-1-3-5-6;1-2-3/h77-80,93-96,129-132H,37-56,81-84H2,1-36H3;6H,1-5H2;1H3. The summed E-state index contributed by atoms with van der Waals surface area (Å²) >= 11 is 2.56. The lowest BCUT2D eigenvalue weighted by Crippen LogP contribution is -2.25. The first-order chi connectivity index (χ1) is 69.7. The van der Waals surface area contributed by atoms with Gasteiger partial charge in [0, 0.05) is 122 Å². The Morgan fingerprint density at radius 2 is 0.427 bits per heavy atom. The fraction of sp³-hybridized carbons (Fsp3) is 0.610. The molecule has 0 radical (unpaired) electrons. The number of allylic oxidation sites excluding steroid dienone is 4. The molecular formula is C136H182INO12. The summed E-state index contributed by atoms with van der Waals surface area (Å²) in [7, 11) is 0. The van der Waals surface area contributed by atoms with Crippen molar-refractivity contribution in [2.45, 2.75) is 467 Å². The third-order valence-corrected chi connectivity index (χ3v) is 28.2. The summed E-state index contributed by atoms with van der Waals surface area (Å²) in [5, 5.41) is 52.3. The SMILES string of the molecule is CC#N.CCCCCCC1c2cc3c4c(C#CC(=C=C(C#CC(C)(C)O)C(C)(C)C)C(C)(C)C)c2OCOc2c1cc1c(c2C#CC(=C=C(C#CC(C)(C)O)C(C)(C)C)C(C)(C)C)OCOc2c(cc5c(c2C#CC(=C=C(C#CC(C)(C)O)C(C)(C)C)C(C)(C)C)OCOc2c(cc(c(c2C#CC(=C=C(C#CC(C)(C)O)C(C)(C)C)C(C)(C)C)OCO4)C3CCCCCC)C5CCCCCC)C1CCCCCC.IC1CCCCC1. The van der Waals surface area contributed by atoms with Gasteiger partial charge in [0.25, 0.3) is 0 Å². The number of ether oxygens (including phenoxy) is 8. The van der Waals surface area contributed by atoms with Crippen molar-refractivity contribution in [3.05, 3.63) is 159 Å². The maximum absolute atomic E-state index is 11.2. The Kier molecular flexibility index (Phi) is 44.3. The van der Waals surface area contributed by atoms with E-state index in [0.29, 0.717) is 139 Å². The molecule has 10 rings (SSSR count). The molecule has 810 valence electrons. The number of hydrogen-bond donors (Lipinski definition) is 4. The van der Waals surface area contributed by atoms with E-state index < -0.39 is 89.4 Å². The number of alkyl halides is 1. The second-order valence-corrected chi connectivity index (χ2v) is 53.5. The van der Waals surface area contributed by atoms with E-state index in [1.807, 2.05) is 0 Å². The minimum absolute atomic E-state index is 0.303. The monoisotopic (exact) mass is 2150 g/mol. The van der Waals surface area contributed by atoms with Gasteiger partial charge in [-0.25, -0.2) is 0 Å². The van der Waals surface area contributed by atoms with E-state index in [2.05, 4.69) is 358 Å². The molecule has 8 bridgehead atoms. The second-order valence-electron chi connectivity index (χ2n) is 51.8. The summed E-state index contributed by atoms with van der Waals surface area (Å²) in [5.74, 6) is 59.0. The van der Waals surface area contributed by atoms with Crippen LogP contribution >= 0.6 is 22.6 Å². The average Bonchev–Trinajstić information content (AvgIpc) is 0.716. The molecule has 13 nitrogen and oxygen atoms in total. The van der Waals surface area contributed by atoms with Crippen LogP contribution < -0.4 is 37.9 Å². The highest BCUT2D eigenvalue weighted by atomic mass is 127. The summed E-state index contributed by atoms with van der Waals surface area (Å²) in [5.41, 5.74) is 20.4. The van der Waals surface area contributed by atoms with Crippen LogP contribution in [0.1, 0.15) is 507 Å². The van der Waals surface area contributed by atoms with Crippen LogP contribution in [-0.2, 0) is 0 Å². The molecule has 4 aromatic rings. The van der Waals surface area contributed by atoms with Gasteiger partial charge in [0.15, 0.2) is 0 Å². The number of nitrogens with zero attached hydrogens (tertiary/aromatic N) is 1. The van der Waals surface area contributed by atoms with Crippen molar-refractivity contribution in [3.8, 4) is 147 Å². The van der Waals surface area contributed by atoms with Crippen LogP contribution in [0, 0.1) is 149 Å². The Hall–Kier alpha value is -10.1. The molecule has 0 unspecified atom stereocenters. The number of benzene rings is 4. The molecule has 1 fully saturated rings. The molecule has 0 spiro atoms. The predicted molar refractivity (Wildman–Crippen MR) is 626 cm³/mol. The Bertz CT molecular complexity index is 5510. The van der Waals surface area contributed by atoms with Crippen molar-refractivity contribution in [2.24, 2.45) is 43.3 Å². The highest BCUT2D eigenvalue weighted by molar-refractivity contribution is 14.1. The Balaban J connectivity index is 0.00000259. The van der Waals surface area contributed by atoms with E-state index in [1.165, 1.54) is 39.0 Å². The summed E-state index contributed by atoms with van der Waals surface area (Å²) in [6, 6.07) is 11.4. The molecule has 4 aliphatic heterocycles. The van der Waals surface area contributed by atoms with Gasteiger partial charge in [0.1, 0.15) is 90.7 Å². The van der Waals surface area contributed by atoms with Gasteiger partial charge >= 0.3 is 0 Å². The summed E-state index contributed by atoms with van der Waals surface area (Å²) < 4.78 is 61.9. The van der Waals surface area contributed by atoms with Crippen LogP contribution in [0.4, 0.5) is 0 Å². The molecule has 150 heavy (non-hydrogen) atoms. The molecule has 6 aliphatic rings. The quantitative estimate of drug-likeness (QED) is 0.0216. The van der Waals surface area contributed by atoms with Crippen LogP contribution in [0.2, 0.25) is 0 Å². The van der Waals surface area contributed by atoms with Crippen molar-refractivity contribution < 1.29 is 58.3 Å². The first kappa shape index (κ1) is 125. The Morgan fingerprint density at radius 3 is 0.560 bits per heavy atom. The highest BCUT2D eigenvalue weighted by Crippen LogP contribution is 2.60. The van der Waals surface area contributed by atoms with E-state index in [9.17, 15) is 20.4 Å². The van der Waals surface area contributed by atoms with E-state index >= 15 is 0 Å². The van der Waals surface area contributed by atoms with Crippen molar-refractivity contribution >= 4 is 22.6 Å². The van der Waals surface area contributed by atoms with Crippen LogP contribution in [0.5, 0.6) is 46.0 Å². The first-order valence-corrected chi connectivity index (χ1v) is 56.9. The third kappa shape index (κ3) is 36.6. The van der Waals surface area contributed by atoms with Gasteiger partial charge < -0.3 is 58.3 Å². The fourth-order valence-electron chi connectivity index (χ4n) is 18.3. The largest absolute Gasteiger partial charge is 0.456 e. The van der Waals surface area contributed by atoms with Gasteiger partial charge in [-0.3, -0.25) is 0 Å². The predicted octanol–water partition coefficient (Wildman–Crippen LogP) is 33.3. The summed E-state index contributed by atoms with van der Waals surface area (Å²) in [6.07, 6.45) is 24.9. The minimum atomic E-state index is -1.29. The van der Waals surface area contributed by atoms with Gasteiger partial charge in [-0.15, -0.1) is 0 Å². The summed E-state index contributed by atoms with van der Waals surface area (Å²) in [4.78, 5) is 0. The Labute approximate surface area is 922 Å². The topological polar surface area (TPSA) is 179 Å². The van der Waals surface area contributed by atoms with Gasteiger partial charge in [0.05, 0.1) is 50.7 Å². The fourth-order valence-corrected chi connectivity index (χ4v) is 19.2. The van der Waals surface area contributed by atoms with Gasteiger partial charge in [-0.1, -0.05) is 456 Å². The van der Waals surface area contributed by atoms with Crippen molar-refractivity contribution in [1.82, 2.24) is 0 Å². The van der Waals surface area contributed by atoms with Crippen molar-refractivity contribution in [3.63, 3.8) is 0 Å². The number of unbranched alkanes of at least 4 members (excludes halogenated alkanes) is 12. The maximum atomic E-state index is 11.2. The normalized spacial score (nSPS) is 16.0. The number of hydrogen-bond acceptors (Lipinski definition) is 13. The molecule has 4 heterocycles. The smallest absolute Gasteiger partial charge is 0.231 e. The summed E-state index contributed by atoms with van der Waals surface area (Å²) in [6.45, 7) is 74.0. The minimum Gasteiger partial charge on any atom is -0.456 e. The molecule has 14 heteroatoms. The van der Waals surface area contributed by atoms with E-state index in [0.717, 1.165) is 151 Å². The van der Waals surface area contributed by atoms with E-state index in [4.69, 9.17) is 43.2 Å². The molecule has 0 atom stereocenters. The zero-order valence-corrected chi connectivity index (χ0v) is 101. The molecule has 4 aromatic carbocycles. The molecule has 0 amide bonds. The highest BCUT2D eigenvalue weighted by Gasteiger charge is 2.43.